The Morgan fingerprint density at radius 2 is 2.05 bits per heavy atom. The predicted molar refractivity (Wildman–Crippen MR) is 74.7 cm³/mol. The number of aliphatic carboxylic acids is 1. The molecule has 1 saturated heterocycles. The van der Waals surface area contributed by atoms with Crippen molar-refractivity contribution in [2.75, 3.05) is 27.2 Å². The predicted octanol–water partition coefficient (Wildman–Crippen LogP) is 0.739. The average Bonchev–Trinajstić information content (AvgIpc) is 2.85. The molecule has 1 fully saturated rings. The lowest BCUT2D eigenvalue weighted by atomic mass is 10.0. The minimum atomic E-state index is -0.947. The van der Waals surface area contributed by atoms with E-state index >= 15 is 0 Å². The van der Waals surface area contributed by atoms with Gasteiger partial charge in [-0.1, -0.05) is 0 Å². The van der Waals surface area contributed by atoms with E-state index < -0.39 is 5.97 Å². The number of piperidine rings is 1. The van der Waals surface area contributed by atoms with Crippen LogP contribution in [-0.2, 0) is 11.3 Å². The minimum absolute atomic E-state index is 0.106. The number of carboxylic acids is 1. The molecule has 1 aliphatic rings. The Kier molecular flexibility index (Phi) is 4.44. The average molecular weight is 279 g/mol. The van der Waals surface area contributed by atoms with Gasteiger partial charge in [-0.2, -0.15) is 0 Å². The van der Waals surface area contributed by atoms with Crippen molar-refractivity contribution in [3.63, 3.8) is 0 Å². The number of amides is 1. The molecule has 0 unspecified atom stereocenters. The third kappa shape index (κ3) is 3.19. The van der Waals surface area contributed by atoms with Gasteiger partial charge in [-0.15, -0.1) is 0 Å². The molecule has 1 N–H and O–H groups in total. The van der Waals surface area contributed by atoms with Crippen LogP contribution in [0.2, 0.25) is 0 Å². The van der Waals surface area contributed by atoms with Crippen LogP contribution in [0.3, 0.4) is 0 Å². The highest BCUT2D eigenvalue weighted by Gasteiger charge is 2.26. The van der Waals surface area contributed by atoms with Gasteiger partial charge in [0.05, 0.1) is 0 Å². The zero-order chi connectivity index (χ0) is 14.7. The van der Waals surface area contributed by atoms with E-state index in [9.17, 15) is 9.59 Å². The summed E-state index contributed by atoms with van der Waals surface area (Å²) in [5.74, 6) is -1.05. The van der Waals surface area contributed by atoms with E-state index in [0.29, 0.717) is 5.69 Å². The maximum Gasteiger partial charge on any atom is 0.323 e. The SMILES string of the molecule is CN1CCC(N(C)C(=O)c2cccn2CC(=O)O)CC1. The van der Waals surface area contributed by atoms with Crippen molar-refractivity contribution in [3.8, 4) is 0 Å². The van der Waals surface area contributed by atoms with E-state index in [-0.39, 0.29) is 18.5 Å². The first-order valence-electron chi connectivity index (χ1n) is 6.81. The molecule has 0 aliphatic carbocycles. The first kappa shape index (κ1) is 14.6. The van der Waals surface area contributed by atoms with Gasteiger partial charge in [0.1, 0.15) is 12.2 Å². The van der Waals surface area contributed by atoms with Gasteiger partial charge in [-0.25, -0.2) is 0 Å². The van der Waals surface area contributed by atoms with Gasteiger partial charge in [-0.05, 0) is 45.1 Å². The lowest BCUT2D eigenvalue weighted by molar-refractivity contribution is -0.137. The van der Waals surface area contributed by atoms with Crippen molar-refractivity contribution in [1.82, 2.24) is 14.4 Å². The molecule has 1 amide bonds. The van der Waals surface area contributed by atoms with Crippen LogP contribution in [0.5, 0.6) is 0 Å². The summed E-state index contributed by atoms with van der Waals surface area (Å²) in [6.07, 6.45) is 3.54. The summed E-state index contributed by atoms with van der Waals surface area (Å²) in [5.41, 5.74) is 0.439. The highest BCUT2D eigenvalue weighted by Crippen LogP contribution is 2.17. The van der Waals surface area contributed by atoms with E-state index in [4.69, 9.17) is 5.11 Å². The first-order valence-corrected chi connectivity index (χ1v) is 6.81. The lowest BCUT2D eigenvalue weighted by Crippen LogP contribution is -2.45. The van der Waals surface area contributed by atoms with Crippen molar-refractivity contribution in [2.24, 2.45) is 0 Å². The van der Waals surface area contributed by atoms with Gasteiger partial charge >= 0.3 is 5.97 Å². The molecule has 110 valence electrons. The Morgan fingerprint density at radius 1 is 1.40 bits per heavy atom. The number of nitrogens with zero attached hydrogens (tertiary/aromatic N) is 3. The molecule has 0 bridgehead atoms. The molecular formula is C14H21N3O3. The van der Waals surface area contributed by atoms with E-state index in [0.717, 1.165) is 25.9 Å². The second kappa shape index (κ2) is 6.09. The highest BCUT2D eigenvalue weighted by molar-refractivity contribution is 5.93. The molecule has 1 aliphatic heterocycles. The molecule has 1 aromatic rings. The number of carboxylic acid groups (broad SMARTS) is 1. The van der Waals surface area contributed by atoms with Gasteiger partial charge in [0, 0.05) is 19.3 Å². The van der Waals surface area contributed by atoms with Crippen LogP contribution in [-0.4, -0.2) is 64.6 Å². The fourth-order valence-corrected chi connectivity index (χ4v) is 2.62. The Balaban J connectivity index is 2.07. The maximum atomic E-state index is 12.5. The van der Waals surface area contributed by atoms with Crippen molar-refractivity contribution in [2.45, 2.75) is 25.4 Å². The summed E-state index contributed by atoms with van der Waals surface area (Å²) in [6, 6.07) is 3.61. The molecule has 0 aromatic carbocycles. The van der Waals surface area contributed by atoms with Crippen LogP contribution in [0.4, 0.5) is 0 Å². The molecule has 6 heteroatoms. The number of carbonyl (C=O) groups is 2. The molecular weight excluding hydrogens is 258 g/mol. The third-order valence-corrected chi connectivity index (χ3v) is 3.91. The normalized spacial score (nSPS) is 17.1. The fraction of sp³-hybridized carbons (Fsp3) is 0.571. The van der Waals surface area contributed by atoms with Gasteiger partial charge in [-0.3, -0.25) is 9.59 Å². The Labute approximate surface area is 118 Å². The van der Waals surface area contributed by atoms with Crippen LogP contribution in [0, 0.1) is 0 Å². The summed E-state index contributed by atoms with van der Waals surface area (Å²) in [5, 5.41) is 8.86. The Hall–Kier alpha value is -1.82. The summed E-state index contributed by atoms with van der Waals surface area (Å²) < 4.78 is 1.48. The molecule has 0 atom stereocenters. The maximum absolute atomic E-state index is 12.5. The van der Waals surface area contributed by atoms with Crippen LogP contribution < -0.4 is 0 Å². The molecule has 0 spiro atoms. The zero-order valence-electron chi connectivity index (χ0n) is 12.0. The first-order chi connectivity index (χ1) is 9.49. The molecule has 20 heavy (non-hydrogen) atoms. The van der Waals surface area contributed by atoms with E-state index in [1.165, 1.54) is 4.57 Å². The van der Waals surface area contributed by atoms with Crippen LogP contribution in [0.1, 0.15) is 23.3 Å². The number of aromatic nitrogens is 1. The standard InChI is InChI=1S/C14H21N3O3/c1-15-8-5-11(6-9-15)16(2)14(20)12-4-3-7-17(12)10-13(18)19/h3-4,7,11H,5-6,8-10H2,1-2H3,(H,18,19). The van der Waals surface area contributed by atoms with Gasteiger partial charge < -0.3 is 19.5 Å². The largest absolute Gasteiger partial charge is 0.480 e. The van der Waals surface area contributed by atoms with Gasteiger partial charge in [0.25, 0.3) is 5.91 Å². The van der Waals surface area contributed by atoms with Crippen molar-refractivity contribution in [1.29, 1.82) is 0 Å². The molecule has 6 nitrogen and oxygen atoms in total. The number of carbonyl (C=O) groups excluding carboxylic acids is 1. The summed E-state index contributed by atoms with van der Waals surface area (Å²) >= 11 is 0. The number of rotatable bonds is 4. The van der Waals surface area contributed by atoms with Gasteiger partial charge in [0.2, 0.25) is 0 Å². The van der Waals surface area contributed by atoms with E-state index in [1.807, 2.05) is 0 Å². The van der Waals surface area contributed by atoms with Crippen LogP contribution in [0.25, 0.3) is 0 Å². The second-order valence-corrected chi connectivity index (χ2v) is 5.37. The fourth-order valence-electron chi connectivity index (χ4n) is 2.62. The van der Waals surface area contributed by atoms with Crippen molar-refractivity contribution in [3.05, 3.63) is 24.0 Å². The quantitative estimate of drug-likeness (QED) is 0.883. The number of hydrogen-bond donors (Lipinski definition) is 1. The number of hydrogen-bond acceptors (Lipinski definition) is 3. The van der Waals surface area contributed by atoms with Crippen LogP contribution in [0.15, 0.2) is 18.3 Å². The second-order valence-electron chi connectivity index (χ2n) is 5.37. The Morgan fingerprint density at radius 3 is 2.65 bits per heavy atom. The van der Waals surface area contributed by atoms with Gasteiger partial charge in [0.15, 0.2) is 0 Å². The topological polar surface area (TPSA) is 65.8 Å². The van der Waals surface area contributed by atoms with E-state index in [2.05, 4.69) is 11.9 Å². The molecule has 2 heterocycles. The smallest absolute Gasteiger partial charge is 0.323 e. The van der Waals surface area contributed by atoms with Crippen LogP contribution >= 0.6 is 0 Å². The summed E-state index contributed by atoms with van der Waals surface area (Å²) in [4.78, 5) is 27.3. The van der Waals surface area contributed by atoms with Crippen molar-refractivity contribution >= 4 is 11.9 Å². The third-order valence-electron chi connectivity index (χ3n) is 3.91. The minimum Gasteiger partial charge on any atom is -0.480 e. The molecule has 2 rings (SSSR count). The molecule has 0 saturated carbocycles. The summed E-state index contributed by atoms with van der Waals surface area (Å²) in [6.45, 7) is 1.78. The van der Waals surface area contributed by atoms with E-state index in [1.54, 1.807) is 30.3 Å². The monoisotopic (exact) mass is 279 g/mol. The molecule has 0 radical (unpaired) electrons. The lowest BCUT2D eigenvalue weighted by Gasteiger charge is -2.35. The zero-order valence-corrected chi connectivity index (χ0v) is 12.0. The van der Waals surface area contributed by atoms with Crippen molar-refractivity contribution < 1.29 is 14.7 Å². The summed E-state index contributed by atoms with van der Waals surface area (Å²) in [7, 11) is 3.88. The highest BCUT2D eigenvalue weighted by atomic mass is 16.4. The Bertz CT molecular complexity index is 490. The molecule has 1 aromatic heterocycles. The number of likely N-dealkylation sites (tertiary alicyclic amines) is 1.